The van der Waals surface area contributed by atoms with E-state index in [4.69, 9.17) is 4.99 Å². The van der Waals surface area contributed by atoms with Gasteiger partial charge in [0.15, 0.2) is 5.17 Å². The normalized spacial score (nSPS) is 17.3. The molecule has 1 amide bonds. The van der Waals surface area contributed by atoms with Crippen molar-refractivity contribution in [3.05, 3.63) is 130 Å². The zero-order valence-electron chi connectivity index (χ0n) is 21.7. The van der Waals surface area contributed by atoms with Gasteiger partial charge in [-0.15, -0.1) is 0 Å². The molecule has 196 valence electrons. The number of amidine groups is 1. The van der Waals surface area contributed by atoms with E-state index in [1.807, 2.05) is 73.8 Å². The summed E-state index contributed by atoms with van der Waals surface area (Å²) in [7, 11) is 1.99. The lowest BCUT2D eigenvalue weighted by Gasteiger charge is -2.17. The number of carbonyl (C=O) groups excluding carboxylic acids is 1. The first kappa shape index (κ1) is 25.8. The number of nitrogens with one attached hydrogen (secondary N) is 1. The standard InChI is InChI=1S/C32H25N5OS2/c1-36-27-14-8-9-15-28(27)39-31(36)29-30(38)37(21-23-12-6-3-7-13-23)32(40-29)35-26-18-24(19-33)16-17-25(26)34-20-22-10-4-2-5-11-22/h2-18,34H,20-21H2,1H3/b31-29-,35-32-. The summed E-state index contributed by atoms with van der Waals surface area (Å²) in [5, 5.41) is 14.5. The van der Waals surface area contributed by atoms with E-state index in [9.17, 15) is 10.1 Å². The van der Waals surface area contributed by atoms with Crippen molar-refractivity contribution in [2.75, 3.05) is 17.3 Å². The van der Waals surface area contributed by atoms with Crippen LogP contribution in [0.5, 0.6) is 0 Å². The van der Waals surface area contributed by atoms with Gasteiger partial charge < -0.3 is 10.2 Å². The van der Waals surface area contributed by atoms with Gasteiger partial charge in [-0.2, -0.15) is 5.26 Å². The first-order chi connectivity index (χ1) is 19.6. The lowest BCUT2D eigenvalue weighted by molar-refractivity contribution is -0.122. The summed E-state index contributed by atoms with van der Waals surface area (Å²) in [6.07, 6.45) is 0. The van der Waals surface area contributed by atoms with E-state index >= 15 is 0 Å². The molecule has 0 spiro atoms. The Balaban J connectivity index is 1.40. The molecule has 0 atom stereocenters. The smallest absolute Gasteiger partial charge is 0.269 e. The number of benzene rings is 4. The summed E-state index contributed by atoms with van der Waals surface area (Å²) in [5.41, 5.74) is 5.15. The van der Waals surface area contributed by atoms with Gasteiger partial charge in [-0.3, -0.25) is 9.69 Å². The molecule has 6 rings (SSSR count). The Labute approximate surface area is 242 Å². The second-order valence-corrected chi connectivity index (χ2v) is 11.3. The van der Waals surface area contributed by atoms with Crippen molar-refractivity contribution in [3.63, 3.8) is 0 Å². The minimum absolute atomic E-state index is 0.0787. The van der Waals surface area contributed by atoms with Crippen LogP contribution in [0.4, 0.5) is 17.1 Å². The van der Waals surface area contributed by atoms with Crippen LogP contribution >= 0.6 is 23.5 Å². The van der Waals surface area contributed by atoms with Crippen LogP contribution in [0.15, 0.2) is 123 Å². The van der Waals surface area contributed by atoms with E-state index in [0.29, 0.717) is 34.4 Å². The van der Waals surface area contributed by atoms with Gasteiger partial charge in [0.2, 0.25) is 0 Å². The third-order valence-corrected chi connectivity index (χ3v) is 9.08. The van der Waals surface area contributed by atoms with Crippen LogP contribution in [0.25, 0.3) is 0 Å². The molecule has 1 fully saturated rings. The Bertz CT molecular complexity index is 1680. The number of thioether (sulfide) groups is 2. The van der Waals surface area contributed by atoms with Gasteiger partial charge in [0, 0.05) is 18.5 Å². The van der Waals surface area contributed by atoms with Crippen molar-refractivity contribution in [2.45, 2.75) is 18.0 Å². The molecule has 1 saturated heterocycles. The number of nitriles is 1. The number of nitrogens with zero attached hydrogens (tertiary/aromatic N) is 4. The van der Waals surface area contributed by atoms with Crippen LogP contribution in [0.2, 0.25) is 0 Å². The number of anilines is 2. The number of hydrogen-bond acceptors (Lipinski definition) is 7. The van der Waals surface area contributed by atoms with Crippen molar-refractivity contribution in [1.82, 2.24) is 4.90 Å². The highest BCUT2D eigenvalue weighted by Gasteiger charge is 2.39. The van der Waals surface area contributed by atoms with Crippen LogP contribution in [-0.2, 0) is 17.9 Å². The summed E-state index contributed by atoms with van der Waals surface area (Å²) in [4.78, 5) is 24.6. The van der Waals surface area contributed by atoms with Crippen molar-refractivity contribution < 1.29 is 4.79 Å². The van der Waals surface area contributed by atoms with Crippen LogP contribution in [0, 0.1) is 11.3 Å². The fraction of sp³-hybridized carbons (Fsp3) is 0.0938. The summed E-state index contributed by atoms with van der Waals surface area (Å²) < 4.78 is 0. The van der Waals surface area contributed by atoms with E-state index in [1.54, 1.807) is 28.8 Å². The SMILES string of the molecule is CN1/C(=C2/S/C(=N\c3cc(C#N)ccc3NCc3ccccc3)N(Cc3ccccc3)C2=O)Sc2ccccc21. The Morgan fingerprint density at radius 1 is 0.875 bits per heavy atom. The van der Waals surface area contributed by atoms with Gasteiger partial charge in [0.1, 0.15) is 4.91 Å². The highest BCUT2D eigenvalue weighted by atomic mass is 32.2. The molecule has 2 heterocycles. The number of amides is 1. The van der Waals surface area contributed by atoms with Gasteiger partial charge in [-0.05, 0) is 53.2 Å². The topological polar surface area (TPSA) is 71.7 Å². The molecule has 6 nitrogen and oxygen atoms in total. The van der Waals surface area contributed by atoms with Gasteiger partial charge in [0.05, 0.1) is 40.3 Å². The predicted molar refractivity (Wildman–Crippen MR) is 164 cm³/mol. The fourth-order valence-electron chi connectivity index (χ4n) is 4.56. The summed E-state index contributed by atoms with van der Waals surface area (Å²) in [6, 6.07) is 35.8. The van der Waals surface area contributed by atoms with E-state index in [-0.39, 0.29) is 5.91 Å². The minimum atomic E-state index is -0.0787. The van der Waals surface area contributed by atoms with Crippen LogP contribution in [0.1, 0.15) is 16.7 Å². The van der Waals surface area contributed by atoms with Crippen molar-refractivity contribution >= 4 is 51.7 Å². The summed E-state index contributed by atoms with van der Waals surface area (Å²) >= 11 is 2.99. The number of fused-ring (bicyclic) bond motifs is 1. The zero-order chi connectivity index (χ0) is 27.5. The molecule has 4 aromatic rings. The first-order valence-electron chi connectivity index (χ1n) is 12.8. The van der Waals surface area contributed by atoms with Crippen molar-refractivity contribution in [2.24, 2.45) is 4.99 Å². The molecule has 2 aliphatic rings. The summed E-state index contributed by atoms with van der Waals surface area (Å²) in [5.74, 6) is -0.0787. The lowest BCUT2D eigenvalue weighted by Crippen LogP contribution is -2.29. The molecule has 2 aliphatic heterocycles. The average molecular weight is 560 g/mol. The maximum Gasteiger partial charge on any atom is 0.269 e. The monoisotopic (exact) mass is 559 g/mol. The van der Waals surface area contributed by atoms with Gasteiger partial charge >= 0.3 is 0 Å². The second kappa shape index (κ2) is 11.3. The Morgan fingerprint density at radius 2 is 1.57 bits per heavy atom. The Hall–Kier alpha value is -4.45. The van der Waals surface area contributed by atoms with Crippen LogP contribution < -0.4 is 10.2 Å². The maximum absolute atomic E-state index is 14.0. The largest absolute Gasteiger partial charge is 0.379 e. The highest BCUT2D eigenvalue weighted by Crippen LogP contribution is 2.50. The lowest BCUT2D eigenvalue weighted by atomic mass is 10.1. The molecule has 8 heteroatoms. The van der Waals surface area contributed by atoms with E-state index < -0.39 is 0 Å². The fourth-order valence-corrected chi connectivity index (χ4v) is 6.90. The molecule has 1 N–H and O–H groups in total. The average Bonchev–Trinajstić information content (AvgIpc) is 3.49. The molecule has 0 bridgehead atoms. The van der Waals surface area contributed by atoms with E-state index in [2.05, 4.69) is 40.6 Å². The Kier molecular flexibility index (Phi) is 7.32. The van der Waals surface area contributed by atoms with Gasteiger partial charge in [0.25, 0.3) is 5.91 Å². The zero-order valence-corrected chi connectivity index (χ0v) is 23.4. The number of carbonyl (C=O) groups is 1. The molecule has 0 radical (unpaired) electrons. The molecule has 0 aliphatic carbocycles. The number of para-hydroxylation sites is 1. The number of rotatable bonds is 6. The van der Waals surface area contributed by atoms with Crippen molar-refractivity contribution in [3.8, 4) is 6.07 Å². The first-order valence-corrected chi connectivity index (χ1v) is 14.4. The maximum atomic E-state index is 14.0. The summed E-state index contributed by atoms with van der Waals surface area (Å²) in [6.45, 7) is 1.01. The van der Waals surface area contributed by atoms with E-state index in [1.165, 1.54) is 11.8 Å². The van der Waals surface area contributed by atoms with Crippen LogP contribution in [-0.4, -0.2) is 23.0 Å². The third-order valence-electron chi connectivity index (χ3n) is 6.65. The van der Waals surface area contributed by atoms with Crippen LogP contribution in [0.3, 0.4) is 0 Å². The predicted octanol–water partition coefficient (Wildman–Crippen LogP) is 7.34. The molecule has 0 aromatic heterocycles. The highest BCUT2D eigenvalue weighted by molar-refractivity contribution is 8.19. The molecule has 4 aromatic carbocycles. The minimum Gasteiger partial charge on any atom is -0.379 e. The quantitative estimate of drug-likeness (QED) is 0.249. The van der Waals surface area contributed by atoms with Crippen molar-refractivity contribution in [1.29, 1.82) is 5.26 Å². The molecular formula is C32H25N5OS2. The third kappa shape index (κ3) is 5.22. The Morgan fingerprint density at radius 3 is 2.30 bits per heavy atom. The molecule has 0 unspecified atom stereocenters. The molecular weight excluding hydrogens is 535 g/mol. The number of aliphatic imine (C=N–C) groups is 1. The van der Waals surface area contributed by atoms with Gasteiger partial charge in [-0.25, -0.2) is 4.99 Å². The van der Waals surface area contributed by atoms with E-state index in [0.717, 1.165) is 32.4 Å². The molecule has 40 heavy (non-hydrogen) atoms. The van der Waals surface area contributed by atoms with Gasteiger partial charge in [-0.1, -0.05) is 84.6 Å². The molecule has 0 saturated carbocycles. The second-order valence-electron chi connectivity index (χ2n) is 9.32. The number of hydrogen-bond donors (Lipinski definition) is 1.